The summed E-state index contributed by atoms with van der Waals surface area (Å²) >= 11 is 1.55. The van der Waals surface area contributed by atoms with Crippen LogP contribution in [0.25, 0.3) is 16.1 Å². The van der Waals surface area contributed by atoms with Gasteiger partial charge in [0.05, 0.1) is 10.6 Å². The van der Waals surface area contributed by atoms with Gasteiger partial charge < -0.3 is 4.90 Å². The first-order chi connectivity index (χ1) is 15.6. The van der Waals surface area contributed by atoms with E-state index in [1.807, 2.05) is 71.8 Å². The van der Waals surface area contributed by atoms with Crippen LogP contribution in [0.5, 0.6) is 0 Å². The summed E-state index contributed by atoms with van der Waals surface area (Å²) in [5, 5.41) is 0. The summed E-state index contributed by atoms with van der Waals surface area (Å²) in [7, 11) is 0. The molecule has 1 amide bonds. The van der Waals surface area contributed by atoms with Gasteiger partial charge in [-0.3, -0.25) is 9.36 Å². The summed E-state index contributed by atoms with van der Waals surface area (Å²) in [6.07, 6.45) is 0. The highest BCUT2D eigenvalue weighted by atomic mass is 32.1. The van der Waals surface area contributed by atoms with E-state index in [2.05, 4.69) is 43.3 Å². The Morgan fingerprint density at radius 1 is 0.875 bits per heavy atom. The van der Waals surface area contributed by atoms with Crippen LogP contribution in [-0.4, -0.2) is 28.5 Å². The highest BCUT2D eigenvalue weighted by molar-refractivity contribution is 7.13. The average Bonchev–Trinajstić information content (AvgIpc) is 3.20. The maximum Gasteiger partial charge on any atom is 0.272 e. The lowest BCUT2D eigenvalue weighted by Gasteiger charge is -2.20. The molecule has 1 aromatic heterocycles. The van der Waals surface area contributed by atoms with Crippen molar-refractivity contribution in [3.8, 4) is 16.1 Å². The van der Waals surface area contributed by atoms with E-state index >= 15 is 0 Å². The normalized spacial score (nSPS) is 11.5. The van der Waals surface area contributed by atoms with Crippen molar-refractivity contribution in [2.75, 3.05) is 13.1 Å². The Morgan fingerprint density at radius 3 is 2.06 bits per heavy atom. The Labute approximate surface area is 193 Å². The van der Waals surface area contributed by atoms with Crippen LogP contribution in [0, 0.1) is 6.92 Å². The van der Waals surface area contributed by atoms with Gasteiger partial charge in [-0.25, -0.2) is 4.99 Å². The standard InChI is InChI=1S/C27H27N3OS/c1-4-29(5-2)26(31)24-25(21-12-8-6-9-13-21)32-27(28-22-14-10-7-11-15-22)30(24)23-18-16-20(3)17-19-23/h6-19H,4-5H2,1-3H3. The SMILES string of the molecule is CCN(CC)C(=O)c1c(-c2ccccc2)sc(=Nc2ccccc2)n1-c1ccc(C)cc1. The number of aryl methyl sites for hydroxylation is 1. The molecule has 0 unspecified atom stereocenters. The minimum Gasteiger partial charge on any atom is -0.338 e. The van der Waals surface area contributed by atoms with Crippen molar-refractivity contribution in [3.05, 3.63) is 101 Å². The maximum atomic E-state index is 13.8. The molecule has 0 saturated heterocycles. The van der Waals surface area contributed by atoms with Gasteiger partial charge in [-0.2, -0.15) is 0 Å². The number of carbonyl (C=O) groups excluding carboxylic acids is 1. The second-order valence-corrected chi connectivity index (χ2v) is 8.50. The average molecular weight is 442 g/mol. The molecule has 162 valence electrons. The molecule has 0 atom stereocenters. The molecule has 3 aromatic carbocycles. The van der Waals surface area contributed by atoms with Crippen LogP contribution >= 0.6 is 11.3 Å². The second kappa shape index (κ2) is 9.79. The first-order valence-electron chi connectivity index (χ1n) is 10.9. The third kappa shape index (κ3) is 4.43. The van der Waals surface area contributed by atoms with Crippen LogP contribution in [0.1, 0.15) is 29.9 Å². The van der Waals surface area contributed by atoms with Gasteiger partial charge >= 0.3 is 0 Å². The van der Waals surface area contributed by atoms with Crippen molar-refractivity contribution in [2.45, 2.75) is 20.8 Å². The summed E-state index contributed by atoms with van der Waals surface area (Å²) in [6, 6.07) is 28.2. The number of aromatic nitrogens is 1. The summed E-state index contributed by atoms with van der Waals surface area (Å²) in [4.78, 5) is 22.3. The van der Waals surface area contributed by atoms with E-state index in [0.29, 0.717) is 18.8 Å². The zero-order valence-electron chi connectivity index (χ0n) is 18.7. The lowest BCUT2D eigenvalue weighted by molar-refractivity contribution is 0.0765. The van der Waals surface area contributed by atoms with E-state index in [-0.39, 0.29) is 5.91 Å². The summed E-state index contributed by atoms with van der Waals surface area (Å²) < 4.78 is 2.01. The molecule has 0 aliphatic rings. The van der Waals surface area contributed by atoms with Gasteiger partial charge in [0.2, 0.25) is 0 Å². The zero-order valence-corrected chi connectivity index (χ0v) is 19.5. The molecule has 0 fully saturated rings. The lowest BCUT2D eigenvalue weighted by Crippen LogP contribution is -2.33. The molecule has 32 heavy (non-hydrogen) atoms. The smallest absolute Gasteiger partial charge is 0.272 e. The topological polar surface area (TPSA) is 37.6 Å². The number of carbonyl (C=O) groups is 1. The molecular formula is C27H27N3OS. The van der Waals surface area contributed by atoms with E-state index in [0.717, 1.165) is 26.6 Å². The van der Waals surface area contributed by atoms with Crippen LogP contribution in [0.15, 0.2) is 89.9 Å². The predicted octanol–water partition coefficient (Wildman–Crippen LogP) is 6.23. The largest absolute Gasteiger partial charge is 0.338 e. The van der Waals surface area contributed by atoms with Crippen LogP contribution in [0.3, 0.4) is 0 Å². The first kappa shape index (κ1) is 21.8. The van der Waals surface area contributed by atoms with Crippen molar-refractivity contribution in [1.82, 2.24) is 9.47 Å². The van der Waals surface area contributed by atoms with Crippen molar-refractivity contribution in [1.29, 1.82) is 0 Å². The molecule has 0 aliphatic heterocycles. The zero-order chi connectivity index (χ0) is 22.5. The van der Waals surface area contributed by atoms with Crippen LogP contribution in [0.4, 0.5) is 5.69 Å². The lowest BCUT2D eigenvalue weighted by atomic mass is 10.1. The Kier molecular flexibility index (Phi) is 6.66. The van der Waals surface area contributed by atoms with Gasteiger partial charge in [-0.15, -0.1) is 0 Å². The molecule has 4 nitrogen and oxygen atoms in total. The van der Waals surface area contributed by atoms with Gasteiger partial charge in [0, 0.05) is 18.8 Å². The molecule has 1 heterocycles. The number of rotatable bonds is 6. The molecule has 4 rings (SSSR count). The van der Waals surface area contributed by atoms with E-state index < -0.39 is 0 Å². The minimum absolute atomic E-state index is 0.0141. The fourth-order valence-corrected chi connectivity index (χ4v) is 4.79. The summed E-state index contributed by atoms with van der Waals surface area (Å²) in [5.41, 5.74) is 4.63. The van der Waals surface area contributed by atoms with Crippen molar-refractivity contribution >= 4 is 22.9 Å². The molecule has 0 saturated carbocycles. The van der Waals surface area contributed by atoms with Crippen LogP contribution < -0.4 is 4.80 Å². The number of para-hydroxylation sites is 1. The molecule has 0 N–H and O–H groups in total. The van der Waals surface area contributed by atoms with Gasteiger partial charge in [0.25, 0.3) is 5.91 Å². The Morgan fingerprint density at radius 2 is 1.47 bits per heavy atom. The Balaban J connectivity index is 2.07. The minimum atomic E-state index is 0.0141. The number of nitrogens with zero attached hydrogens (tertiary/aromatic N) is 3. The molecule has 0 radical (unpaired) electrons. The van der Waals surface area contributed by atoms with E-state index in [9.17, 15) is 4.79 Å². The van der Waals surface area contributed by atoms with Crippen LogP contribution in [0.2, 0.25) is 0 Å². The van der Waals surface area contributed by atoms with E-state index in [1.165, 1.54) is 5.56 Å². The fraction of sp³-hybridized carbons (Fsp3) is 0.185. The number of hydrogen-bond donors (Lipinski definition) is 0. The predicted molar refractivity (Wildman–Crippen MR) is 133 cm³/mol. The van der Waals surface area contributed by atoms with Gasteiger partial charge in [-0.1, -0.05) is 77.6 Å². The maximum absolute atomic E-state index is 13.8. The molecule has 0 aliphatic carbocycles. The number of amides is 1. The molecule has 0 bridgehead atoms. The highest BCUT2D eigenvalue weighted by Crippen LogP contribution is 2.30. The highest BCUT2D eigenvalue weighted by Gasteiger charge is 2.25. The molecule has 4 aromatic rings. The van der Waals surface area contributed by atoms with Crippen LogP contribution in [-0.2, 0) is 0 Å². The second-order valence-electron chi connectivity index (χ2n) is 7.52. The molecule has 0 spiro atoms. The monoisotopic (exact) mass is 441 g/mol. The van der Waals surface area contributed by atoms with E-state index in [4.69, 9.17) is 4.99 Å². The third-order valence-electron chi connectivity index (χ3n) is 5.39. The molecular weight excluding hydrogens is 414 g/mol. The third-order valence-corrected chi connectivity index (χ3v) is 6.48. The molecule has 5 heteroatoms. The fourth-order valence-electron chi connectivity index (χ4n) is 3.64. The summed E-state index contributed by atoms with van der Waals surface area (Å²) in [6.45, 7) is 7.40. The van der Waals surface area contributed by atoms with Crippen molar-refractivity contribution in [3.63, 3.8) is 0 Å². The van der Waals surface area contributed by atoms with Crippen molar-refractivity contribution in [2.24, 2.45) is 4.99 Å². The Hall–Kier alpha value is -3.44. The Bertz CT molecular complexity index is 1250. The first-order valence-corrected chi connectivity index (χ1v) is 11.7. The van der Waals surface area contributed by atoms with Gasteiger partial charge in [-0.05, 0) is 50.6 Å². The number of hydrogen-bond acceptors (Lipinski definition) is 3. The quantitative estimate of drug-likeness (QED) is 0.349. The van der Waals surface area contributed by atoms with Gasteiger partial charge in [0.15, 0.2) is 4.80 Å². The van der Waals surface area contributed by atoms with Crippen molar-refractivity contribution < 1.29 is 4.79 Å². The van der Waals surface area contributed by atoms with E-state index in [1.54, 1.807) is 11.3 Å². The van der Waals surface area contributed by atoms with Gasteiger partial charge in [0.1, 0.15) is 5.69 Å². The summed E-state index contributed by atoms with van der Waals surface area (Å²) in [5.74, 6) is 0.0141. The number of benzene rings is 3. The number of thiazole rings is 1.